The van der Waals surface area contributed by atoms with Crippen LogP contribution in [0.5, 0.6) is 0 Å². The Hall–Kier alpha value is -1.35. The first-order valence-corrected chi connectivity index (χ1v) is 7.48. The summed E-state index contributed by atoms with van der Waals surface area (Å²) in [6.07, 6.45) is 5.19. The highest BCUT2D eigenvalue weighted by Crippen LogP contribution is 2.27. The third-order valence-corrected chi connectivity index (χ3v) is 4.37. The quantitative estimate of drug-likeness (QED) is 0.788. The molecular formula is C17H25NO2. The number of methoxy groups -OCH3 is 1. The van der Waals surface area contributed by atoms with E-state index in [2.05, 4.69) is 18.9 Å². The maximum absolute atomic E-state index is 11.8. The van der Waals surface area contributed by atoms with Crippen molar-refractivity contribution in [1.29, 1.82) is 0 Å². The molecule has 0 aromatic heterocycles. The van der Waals surface area contributed by atoms with Crippen molar-refractivity contribution in [2.45, 2.75) is 45.2 Å². The van der Waals surface area contributed by atoms with Gasteiger partial charge in [-0.05, 0) is 37.4 Å². The van der Waals surface area contributed by atoms with Gasteiger partial charge >= 0.3 is 5.97 Å². The number of benzene rings is 1. The van der Waals surface area contributed by atoms with Gasteiger partial charge in [0.25, 0.3) is 0 Å². The van der Waals surface area contributed by atoms with Crippen LogP contribution in [0.3, 0.4) is 0 Å². The molecule has 0 bridgehead atoms. The Kier molecular flexibility index (Phi) is 5.18. The van der Waals surface area contributed by atoms with Crippen LogP contribution in [-0.4, -0.2) is 31.1 Å². The summed E-state index contributed by atoms with van der Waals surface area (Å²) in [5.74, 6) is 0.568. The average molecular weight is 275 g/mol. The van der Waals surface area contributed by atoms with Crippen LogP contribution in [0.15, 0.2) is 24.3 Å². The van der Waals surface area contributed by atoms with Gasteiger partial charge in [0.1, 0.15) is 0 Å². The van der Waals surface area contributed by atoms with E-state index >= 15 is 0 Å². The molecule has 0 spiro atoms. The van der Waals surface area contributed by atoms with E-state index in [0.717, 1.165) is 18.0 Å². The fourth-order valence-corrected chi connectivity index (χ4v) is 3.17. The van der Waals surface area contributed by atoms with Crippen molar-refractivity contribution in [3.8, 4) is 0 Å². The predicted molar refractivity (Wildman–Crippen MR) is 80.7 cm³/mol. The normalized spacial score (nSPS) is 22.8. The fraction of sp³-hybridized carbons (Fsp3) is 0.588. The zero-order chi connectivity index (χ0) is 14.5. The molecule has 1 fully saturated rings. The summed E-state index contributed by atoms with van der Waals surface area (Å²) in [6.45, 7) is 3.14. The number of hydrogen-bond donors (Lipinski definition) is 0. The average Bonchev–Trinajstić information content (AvgIpc) is 2.47. The molecular weight excluding hydrogens is 250 g/mol. The van der Waals surface area contributed by atoms with Crippen molar-refractivity contribution < 1.29 is 9.53 Å². The highest BCUT2D eigenvalue weighted by atomic mass is 16.5. The highest BCUT2D eigenvalue weighted by Gasteiger charge is 2.23. The lowest BCUT2D eigenvalue weighted by molar-refractivity contribution is 0.0597. The summed E-state index contributed by atoms with van der Waals surface area (Å²) in [6, 6.07) is 8.37. The van der Waals surface area contributed by atoms with E-state index in [0.29, 0.717) is 11.6 Å². The van der Waals surface area contributed by atoms with Gasteiger partial charge < -0.3 is 4.74 Å². The summed E-state index contributed by atoms with van der Waals surface area (Å²) < 4.78 is 4.86. The second-order valence-corrected chi connectivity index (χ2v) is 5.99. The monoisotopic (exact) mass is 275 g/mol. The van der Waals surface area contributed by atoms with Crippen LogP contribution < -0.4 is 0 Å². The molecule has 0 N–H and O–H groups in total. The molecule has 2 rings (SSSR count). The SMILES string of the molecule is COC(=O)c1ccccc1CN(C)C1CCCC(C)C1. The number of nitrogens with zero attached hydrogens (tertiary/aromatic N) is 1. The van der Waals surface area contributed by atoms with Crippen LogP contribution in [0.4, 0.5) is 0 Å². The fourth-order valence-electron chi connectivity index (χ4n) is 3.17. The molecule has 0 saturated heterocycles. The molecule has 1 saturated carbocycles. The molecule has 0 heterocycles. The minimum absolute atomic E-state index is 0.244. The van der Waals surface area contributed by atoms with Crippen molar-refractivity contribution in [1.82, 2.24) is 4.90 Å². The molecule has 1 aliphatic carbocycles. The summed E-state index contributed by atoms with van der Waals surface area (Å²) in [7, 11) is 3.60. The van der Waals surface area contributed by atoms with Gasteiger partial charge in [-0.1, -0.05) is 38.0 Å². The van der Waals surface area contributed by atoms with Crippen molar-refractivity contribution in [2.75, 3.05) is 14.2 Å². The van der Waals surface area contributed by atoms with E-state index in [1.54, 1.807) is 0 Å². The molecule has 1 aromatic rings. The van der Waals surface area contributed by atoms with Gasteiger partial charge in [0, 0.05) is 12.6 Å². The van der Waals surface area contributed by atoms with E-state index in [4.69, 9.17) is 4.74 Å². The Labute approximate surface area is 121 Å². The molecule has 0 amide bonds. The standard InChI is InChI=1S/C17H25NO2/c1-13-7-6-9-15(11-13)18(2)12-14-8-4-5-10-16(14)17(19)20-3/h4-5,8,10,13,15H,6-7,9,11-12H2,1-3H3. The number of hydrogen-bond acceptors (Lipinski definition) is 3. The van der Waals surface area contributed by atoms with Crippen molar-refractivity contribution in [2.24, 2.45) is 5.92 Å². The van der Waals surface area contributed by atoms with Gasteiger partial charge in [-0.25, -0.2) is 4.79 Å². The van der Waals surface area contributed by atoms with Crippen LogP contribution in [-0.2, 0) is 11.3 Å². The van der Waals surface area contributed by atoms with Crippen molar-refractivity contribution >= 4 is 5.97 Å². The van der Waals surface area contributed by atoms with Crippen LogP contribution in [0.25, 0.3) is 0 Å². The molecule has 1 aromatic carbocycles. The predicted octanol–water partition coefficient (Wildman–Crippen LogP) is 3.48. The number of carbonyl (C=O) groups excluding carboxylic acids is 1. The van der Waals surface area contributed by atoms with Gasteiger partial charge in [0.05, 0.1) is 12.7 Å². The minimum atomic E-state index is -0.244. The maximum atomic E-state index is 11.8. The lowest BCUT2D eigenvalue weighted by Gasteiger charge is -2.34. The third kappa shape index (κ3) is 3.60. The summed E-state index contributed by atoms with van der Waals surface area (Å²) in [4.78, 5) is 14.2. The Morgan fingerprint density at radius 3 is 2.80 bits per heavy atom. The molecule has 20 heavy (non-hydrogen) atoms. The summed E-state index contributed by atoms with van der Waals surface area (Å²) in [5, 5.41) is 0. The Balaban J connectivity index is 2.07. The lowest BCUT2D eigenvalue weighted by Crippen LogP contribution is -2.35. The molecule has 3 nitrogen and oxygen atoms in total. The molecule has 3 heteroatoms. The number of rotatable bonds is 4. The number of ether oxygens (including phenoxy) is 1. The highest BCUT2D eigenvalue weighted by molar-refractivity contribution is 5.90. The summed E-state index contributed by atoms with van der Waals surface area (Å²) in [5.41, 5.74) is 1.74. The first kappa shape index (κ1) is 15.0. The first-order chi connectivity index (χ1) is 9.61. The molecule has 1 aliphatic rings. The van der Waals surface area contributed by atoms with Crippen LogP contribution >= 0.6 is 0 Å². The van der Waals surface area contributed by atoms with Gasteiger partial charge in [0.15, 0.2) is 0 Å². The summed E-state index contributed by atoms with van der Waals surface area (Å²) >= 11 is 0. The molecule has 2 atom stereocenters. The second-order valence-electron chi connectivity index (χ2n) is 5.99. The van der Waals surface area contributed by atoms with Crippen LogP contribution in [0.2, 0.25) is 0 Å². The van der Waals surface area contributed by atoms with E-state index in [-0.39, 0.29) is 5.97 Å². The van der Waals surface area contributed by atoms with Crippen LogP contribution in [0, 0.1) is 5.92 Å². The Morgan fingerprint density at radius 2 is 2.10 bits per heavy atom. The zero-order valence-corrected chi connectivity index (χ0v) is 12.8. The molecule has 0 aliphatic heterocycles. The topological polar surface area (TPSA) is 29.5 Å². The van der Waals surface area contributed by atoms with E-state index in [9.17, 15) is 4.79 Å². The van der Waals surface area contributed by atoms with Crippen LogP contribution in [0.1, 0.15) is 48.5 Å². The van der Waals surface area contributed by atoms with Crippen molar-refractivity contribution in [3.05, 3.63) is 35.4 Å². The first-order valence-electron chi connectivity index (χ1n) is 7.48. The van der Waals surface area contributed by atoms with Gasteiger partial charge in [-0.2, -0.15) is 0 Å². The smallest absolute Gasteiger partial charge is 0.338 e. The molecule has 0 radical (unpaired) electrons. The Morgan fingerprint density at radius 1 is 1.35 bits per heavy atom. The molecule has 2 unspecified atom stereocenters. The number of carbonyl (C=O) groups is 1. The molecule has 110 valence electrons. The second kappa shape index (κ2) is 6.89. The van der Waals surface area contributed by atoms with E-state index in [1.807, 2.05) is 24.3 Å². The Bertz CT molecular complexity index is 458. The van der Waals surface area contributed by atoms with Gasteiger partial charge in [0.2, 0.25) is 0 Å². The van der Waals surface area contributed by atoms with Gasteiger partial charge in [-0.3, -0.25) is 4.90 Å². The third-order valence-electron chi connectivity index (χ3n) is 4.37. The lowest BCUT2D eigenvalue weighted by atomic mass is 9.86. The van der Waals surface area contributed by atoms with E-state index in [1.165, 1.54) is 32.8 Å². The number of esters is 1. The minimum Gasteiger partial charge on any atom is -0.465 e. The maximum Gasteiger partial charge on any atom is 0.338 e. The van der Waals surface area contributed by atoms with E-state index < -0.39 is 0 Å². The zero-order valence-electron chi connectivity index (χ0n) is 12.8. The van der Waals surface area contributed by atoms with Crippen molar-refractivity contribution in [3.63, 3.8) is 0 Å². The van der Waals surface area contributed by atoms with Gasteiger partial charge in [-0.15, -0.1) is 0 Å². The largest absolute Gasteiger partial charge is 0.465 e.